The van der Waals surface area contributed by atoms with Crippen molar-refractivity contribution in [2.24, 2.45) is 10.3 Å². The highest BCUT2D eigenvalue weighted by molar-refractivity contribution is 7.90. The third kappa shape index (κ3) is 3.96. The highest BCUT2D eigenvalue weighted by Gasteiger charge is 2.50. The van der Waals surface area contributed by atoms with E-state index in [1.165, 1.54) is 23.1 Å². The van der Waals surface area contributed by atoms with Gasteiger partial charge in [-0.3, -0.25) is 14.6 Å². The Morgan fingerprint density at radius 3 is 2.47 bits per heavy atom. The fourth-order valence-corrected chi connectivity index (χ4v) is 5.38. The molecule has 1 saturated heterocycles. The number of anilines is 1. The number of carbonyl (C=O) groups excluding carboxylic acids is 2. The van der Waals surface area contributed by atoms with Crippen molar-refractivity contribution in [3.63, 3.8) is 0 Å². The first-order valence-electron chi connectivity index (χ1n) is 10.5. The van der Waals surface area contributed by atoms with Crippen LogP contribution in [0.3, 0.4) is 0 Å². The van der Waals surface area contributed by atoms with E-state index in [-0.39, 0.29) is 29.4 Å². The third-order valence-corrected chi connectivity index (χ3v) is 7.21. The van der Waals surface area contributed by atoms with E-state index in [1.54, 1.807) is 54.9 Å². The van der Waals surface area contributed by atoms with Gasteiger partial charge >= 0.3 is 0 Å². The molecule has 1 unspecified atom stereocenters. The molecule has 0 saturated carbocycles. The lowest BCUT2D eigenvalue weighted by atomic mass is 9.97. The second kappa shape index (κ2) is 8.45. The van der Waals surface area contributed by atoms with Crippen LogP contribution in [-0.2, 0) is 32.6 Å². The van der Waals surface area contributed by atoms with Gasteiger partial charge in [-0.1, -0.05) is 30.3 Å². The maximum absolute atomic E-state index is 13.5. The van der Waals surface area contributed by atoms with E-state index in [9.17, 15) is 22.4 Å². The minimum Gasteiger partial charge on any atom is -0.341 e. The number of amidine groups is 1. The molecule has 3 aromatic rings. The Kier molecular flexibility index (Phi) is 5.45. The number of aromatic nitrogens is 1. The van der Waals surface area contributed by atoms with E-state index in [2.05, 4.69) is 14.7 Å². The summed E-state index contributed by atoms with van der Waals surface area (Å²) in [6.45, 7) is 0.0584. The number of hydrogen-bond donors (Lipinski definition) is 1. The van der Waals surface area contributed by atoms with Crippen LogP contribution in [0.1, 0.15) is 11.1 Å². The van der Waals surface area contributed by atoms with Crippen molar-refractivity contribution in [3.05, 3.63) is 90.0 Å². The third-order valence-electron chi connectivity index (χ3n) is 5.86. The second-order valence-electron chi connectivity index (χ2n) is 8.08. The van der Waals surface area contributed by atoms with Crippen LogP contribution < -0.4 is 5.32 Å². The predicted molar refractivity (Wildman–Crippen MR) is 122 cm³/mol. The van der Waals surface area contributed by atoms with Crippen molar-refractivity contribution in [1.82, 2.24) is 9.88 Å². The number of ketones is 1. The molecule has 1 N–H and O–H groups in total. The molecule has 1 amide bonds. The van der Waals surface area contributed by atoms with Crippen LogP contribution in [0.25, 0.3) is 0 Å². The molecule has 1 aromatic heterocycles. The largest absolute Gasteiger partial charge is 0.341 e. The quantitative estimate of drug-likeness (QED) is 0.565. The molecule has 1 fully saturated rings. The zero-order valence-electron chi connectivity index (χ0n) is 17.8. The molecule has 2 aliphatic heterocycles. The van der Waals surface area contributed by atoms with Gasteiger partial charge in [0.05, 0.1) is 11.7 Å². The molecule has 0 bridgehead atoms. The molecule has 34 heavy (non-hydrogen) atoms. The number of nitrogens with one attached hydrogen (secondary N) is 1. The van der Waals surface area contributed by atoms with Gasteiger partial charge in [-0.05, 0) is 41.5 Å². The van der Waals surface area contributed by atoms with E-state index in [0.29, 0.717) is 5.56 Å². The molecule has 2 aromatic carbocycles. The fourth-order valence-electron chi connectivity index (χ4n) is 4.23. The Balaban J connectivity index is 1.52. The lowest BCUT2D eigenvalue weighted by molar-refractivity contribution is -0.131. The first kappa shape index (κ1) is 21.9. The number of amides is 1. The van der Waals surface area contributed by atoms with Gasteiger partial charge in [-0.25, -0.2) is 4.39 Å². The molecule has 172 valence electrons. The van der Waals surface area contributed by atoms with Gasteiger partial charge in [0.1, 0.15) is 16.5 Å². The van der Waals surface area contributed by atoms with Gasteiger partial charge in [-0.15, -0.1) is 4.40 Å². The highest BCUT2D eigenvalue weighted by Crippen LogP contribution is 2.33. The lowest BCUT2D eigenvalue weighted by Gasteiger charge is -2.24. The minimum absolute atomic E-state index is 0.0216. The van der Waals surface area contributed by atoms with Gasteiger partial charge in [0.25, 0.3) is 10.0 Å². The Hall–Kier alpha value is -3.92. The number of rotatable bonds is 5. The van der Waals surface area contributed by atoms with Crippen molar-refractivity contribution in [3.8, 4) is 0 Å². The summed E-state index contributed by atoms with van der Waals surface area (Å²) in [6, 6.07) is 14.5. The van der Waals surface area contributed by atoms with E-state index in [0.717, 1.165) is 5.56 Å². The SMILES string of the molecule is O=C1C(C2=NS(=O)(=O)c3ccccc3N2)C(=O)N(Cc2ccc(F)cc2)[C@H]1Cc1cccnc1. The first-order chi connectivity index (χ1) is 16.3. The molecule has 5 rings (SSSR count). The molecular formula is C24H19FN4O4S. The number of benzene rings is 2. The molecule has 10 heteroatoms. The number of nitrogens with zero attached hydrogens (tertiary/aromatic N) is 3. The maximum atomic E-state index is 13.5. The number of Topliss-reactive ketones (excluding diaryl/α,β-unsaturated/α-hetero) is 1. The molecule has 2 aliphatic rings. The minimum atomic E-state index is -4.08. The summed E-state index contributed by atoms with van der Waals surface area (Å²) in [5.74, 6) is -3.06. The summed E-state index contributed by atoms with van der Waals surface area (Å²) in [5.41, 5.74) is 1.64. The Labute approximate surface area is 195 Å². The first-order valence-corrected chi connectivity index (χ1v) is 12.0. The Morgan fingerprint density at radius 1 is 0.971 bits per heavy atom. The average molecular weight is 479 g/mol. The van der Waals surface area contributed by atoms with Gasteiger partial charge < -0.3 is 10.2 Å². The molecule has 2 atom stereocenters. The molecular weight excluding hydrogens is 459 g/mol. The summed E-state index contributed by atoms with van der Waals surface area (Å²) in [6.07, 6.45) is 3.41. The zero-order valence-corrected chi connectivity index (χ0v) is 18.6. The van der Waals surface area contributed by atoms with Gasteiger partial charge in [-0.2, -0.15) is 8.42 Å². The summed E-state index contributed by atoms with van der Waals surface area (Å²) >= 11 is 0. The van der Waals surface area contributed by atoms with E-state index >= 15 is 0 Å². The summed E-state index contributed by atoms with van der Waals surface area (Å²) in [7, 11) is -4.08. The lowest BCUT2D eigenvalue weighted by Crippen LogP contribution is -2.37. The molecule has 0 radical (unpaired) electrons. The van der Waals surface area contributed by atoms with Crippen molar-refractivity contribution in [2.75, 3.05) is 5.32 Å². The Bertz CT molecular complexity index is 1410. The van der Waals surface area contributed by atoms with Gasteiger partial charge in [0.2, 0.25) is 5.91 Å². The number of para-hydroxylation sites is 1. The van der Waals surface area contributed by atoms with Gasteiger partial charge in [0.15, 0.2) is 11.7 Å². The van der Waals surface area contributed by atoms with Gasteiger partial charge in [0, 0.05) is 25.4 Å². The monoisotopic (exact) mass is 478 g/mol. The smallest absolute Gasteiger partial charge is 0.286 e. The maximum Gasteiger partial charge on any atom is 0.286 e. The summed E-state index contributed by atoms with van der Waals surface area (Å²) < 4.78 is 42.6. The number of likely N-dealkylation sites (tertiary alicyclic amines) is 1. The van der Waals surface area contributed by atoms with Crippen LogP contribution in [0.4, 0.5) is 10.1 Å². The Morgan fingerprint density at radius 2 is 1.74 bits per heavy atom. The molecule has 0 spiro atoms. The number of carbonyl (C=O) groups is 2. The second-order valence-corrected chi connectivity index (χ2v) is 9.65. The fraction of sp³-hybridized carbons (Fsp3) is 0.167. The molecule has 3 heterocycles. The van der Waals surface area contributed by atoms with Crippen LogP contribution >= 0.6 is 0 Å². The van der Waals surface area contributed by atoms with Crippen LogP contribution in [0.2, 0.25) is 0 Å². The number of hydrogen-bond acceptors (Lipinski definition) is 6. The number of halogens is 1. The normalized spacial score (nSPS) is 21.1. The molecule has 8 nitrogen and oxygen atoms in total. The molecule has 0 aliphatic carbocycles. The average Bonchev–Trinajstić information content (AvgIpc) is 3.04. The highest BCUT2D eigenvalue weighted by atomic mass is 32.2. The van der Waals surface area contributed by atoms with Crippen molar-refractivity contribution >= 4 is 33.2 Å². The summed E-state index contributed by atoms with van der Waals surface area (Å²) in [5, 5.41) is 2.87. The van der Waals surface area contributed by atoms with Crippen LogP contribution in [0, 0.1) is 11.7 Å². The van der Waals surface area contributed by atoms with Crippen LogP contribution in [0.5, 0.6) is 0 Å². The van der Waals surface area contributed by atoms with E-state index in [1.807, 2.05) is 0 Å². The zero-order chi connectivity index (χ0) is 23.9. The van der Waals surface area contributed by atoms with E-state index < -0.39 is 39.5 Å². The number of pyridine rings is 1. The van der Waals surface area contributed by atoms with Crippen LogP contribution in [0.15, 0.2) is 82.4 Å². The van der Waals surface area contributed by atoms with E-state index in [4.69, 9.17) is 0 Å². The summed E-state index contributed by atoms with van der Waals surface area (Å²) in [4.78, 5) is 32.5. The van der Waals surface area contributed by atoms with Crippen molar-refractivity contribution in [1.29, 1.82) is 0 Å². The standard InChI is InChI=1S/C24H19FN4O4S/c25-17-9-7-15(8-10-17)14-29-19(12-16-4-3-11-26-13-16)22(30)21(24(29)31)23-27-18-5-1-2-6-20(18)34(32,33)28-23/h1-11,13,19,21H,12,14H2,(H,27,28)/t19-,21?/m0/s1. The number of sulfonamides is 1. The van der Waals surface area contributed by atoms with Crippen molar-refractivity contribution in [2.45, 2.75) is 23.9 Å². The topological polar surface area (TPSA) is 109 Å². The van der Waals surface area contributed by atoms with Crippen LogP contribution in [-0.4, -0.2) is 41.9 Å². The predicted octanol–water partition coefficient (Wildman–Crippen LogP) is 2.57. The number of fused-ring (bicyclic) bond motifs is 1. The van der Waals surface area contributed by atoms with Crippen molar-refractivity contribution < 1.29 is 22.4 Å².